The quantitative estimate of drug-likeness (QED) is 0.428. The molecule has 1 atom stereocenters. The van der Waals surface area contributed by atoms with Gasteiger partial charge in [0.1, 0.15) is 5.75 Å². The second-order valence-corrected chi connectivity index (χ2v) is 7.78. The number of ether oxygens (including phenoxy) is 1. The molecule has 0 spiro atoms. The molecule has 166 valence electrons. The van der Waals surface area contributed by atoms with Crippen LogP contribution < -0.4 is 15.4 Å². The standard InChI is InChI=1S/C28H26N2O3/c1-33-24-16-14-22(15-17-24)28(21-9-3-2-4-10-21)30-27(32)19-29-26(31)18-23-12-7-11-20-8-5-6-13-25(20)23/h2-17,28H,18-19H2,1H3,(H,29,31)(H,30,32)/t28-/m1/s1. The molecule has 0 aliphatic carbocycles. The molecular formula is C28H26N2O3. The number of carbonyl (C=O) groups excluding carboxylic acids is 2. The number of carbonyl (C=O) groups is 2. The summed E-state index contributed by atoms with van der Waals surface area (Å²) in [5.41, 5.74) is 2.82. The van der Waals surface area contributed by atoms with E-state index in [1.807, 2.05) is 97.1 Å². The molecule has 0 heterocycles. The van der Waals surface area contributed by atoms with E-state index in [-0.39, 0.29) is 30.8 Å². The summed E-state index contributed by atoms with van der Waals surface area (Å²) in [7, 11) is 1.62. The first kappa shape index (κ1) is 22.1. The van der Waals surface area contributed by atoms with Crippen LogP contribution in [0.25, 0.3) is 10.8 Å². The molecule has 2 N–H and O–H groups in total. The van der Waals surface area contributed by atoms with Crippen molar-refractivity contribution in [2.45, 2.75) is 12.5 Å². The van der Waals surface area contributed by atoms with Gasteiger partial charge in [0, 0.05) is 0 Å². The van der Waals surface area contributed by atoms with E-state index < -0.39 is 0 Å². The molecule has 5 heteroatoms. The SMILES string of the molecule is COc1ccc([C@H](NC(=O)CNC(=O)Cc2cccc3ccccc23)c2ccccc2)cc1. The Kier molecular flexibility index (Phi) is 7.00. The highest BCUT2D eigenvalue weighted by atomic mass is 16.5. The third-order valence-electron chi connectivity index (χ3n) is 5.56. The lowest BCUT2D eigenvalue weighted by Gasteiger charge is -2.20. The summed E-state index contributed by atoms with van der Waals surface area (Å²) in [6.45, 7) is -0.0942. The lowest BCUT2D eigenvalue weighted by atomic mass is 9.98. The van der Waals surface area contributed by atoms with Gasteiger partial charge in [0.25, 0.3) is 0 Å². The second-order valence-electron chi connectivity index (χ2n) is 7.78. The van der Waals surface area contributed by atoms with Gasteiger partial charge in [0.15, 0.2) is 0 Å². The molecule has 4 aromatic carbocycles. The summed E-state index contributed by atoms with van der Waals surface area (Å²) >= 11 is 0. The van der Waals surface area contributed by atoms with Crippen LogP contribution >= 0.6 is 0 Å². The van der Waals surface area contributed by atoms with Crippen LogP contribution in [0.1, 0.15) is 22.7 Å². The molecule has 0 aliphatic heterocycles. The fourth-order valence-corrected chi connectivity index (χ4v) is 3.87. The largest absolute Gasteiger partial charge is 0.497 e. The molecule has 33 heavy (non-hydrogen) atoms. The Hall–Kier alpha value is -4.12. The van der Waals surface area contributed by atoms with Crippen LogP contribution in [0.4, 0.5) is 0 Å². The minimum Gasteiger partial charge on any atom is -0.497 e. The van der Waals surface area contributed by atoms with Gasteiger partial charge in [-0.2, -0.15) is 0 Å². The maximum Gasteiger partial charge on any atom is 0.240 e. The Bertz CT molecular complexity index is 1230. The molecule has 4 aromatic rings. The molecule has 0 unspecified atom stereocenters. The molecular weight excluding hydrogens is 412 g/mol. The summed E-state index contributed by atoms with van der Waals surface area (Å²) in [6.07, 6.45) is 0.217. The van der Waals surface area contributed by atoms with Gasteiger partial charge < -0.3 is 15.4 Å². The van der Waals surface area contributed by atoms with E-state index in [9.17, 15) is 9.59 Å². The number of methoxy groups -OCH3 is 1. The number of hydrogen-bond donors (Lipinski definition) is 2. The maximum atomic E-state index is 12.7. The Morgan fingerprint density at radius 1 is 0.758 bits per heavy atom. The zero-order valence-corrected chi connectivity index (χ0v) is 18.5. The average Bonchev–Trinajstić information content (AvgIpc) is 2.87. The molecule has 2 amide bonds. The van der Waals surface area contributed by atoms with Crippen molar-refractivity contribution in [2.75, 3.05) is 13.7 Å². The topological polar surface area (TPSA) is 67.4 Å². The number of nitrogens with one attached hydrogen (secondary N) is 2. The van der Waals surface area contributed by atoms with Crippen LogP contribution in [0.5, 0.6) is 5.75 Å². The highest BCUT2D eigenvalue weighted by molar-refractivity contribution is 5.91. The van der Waals surface area contributed by atoms with E-state index in [2.05, 4.69) is 10.6 Å². The van der Waals surface area contributed by atoms with Gasteiger partial charge in [-0.25, -0.2) is 0 Å². The minimum atomic E-state index is -0.334. The summed E-state index contributed by atoms with van der Waals surface area (Å²) in [6, 6.07) is 30.8. The molecule has 0 bridgehead atoms. The van der Waals surface area contributed by atoms with Crippen molar-refractivity contribution < 1.29 is 14.3 Å². The van der Waals surface area contributed by atoms with Gasteiger partial charge in [0.2, 0.25) is 11.8 Å². The zero-order chi connectivity index (χ0) is 23.0. The highest BCUT2D eigenvalue weighted by Crippen LogP contribution is 2.24. The van der Waals surface area contributed by atoms with Crippen LogP contribution in [0.3, 0.4) is 0 Å². The van der Waals surface area contributed by atoms with E-state index in [1.54, 1.807) is 7.11 Å². The van der Waals surface area contributed by atoms with Gasteiger partial charge in [-0.15, -0.1) is 0 Å². The number of amides is 2. The van der Waals surface area contributed by atoms with Crippen molar-refractivity contribution in [3.63, 3.8) is 0 Å². The predicted molar refractivity (Wildman–Crippen MR) is 130 cm³/mol. The zero-order valence-electron chi connectivity index (χ0n) is 18.5. The summed E-state index contributed by atoms with van der Waals surface area (Å²) in [4.78, 5) is 25.3. The first-order chi connectivity index (χ1) is 16.1. The van der Waals surface area contributed by atoms with Crippen LogP contribution in [-0.2, 0) is 16.0 Å². The van der Waals surface area contributed by atoms with Gasteiger partial charge in [0.05, 0.1) is 26.1 Å². The van der Waals surface area contributed by atoms with Gasteiger partial charge in [-0.1, -0.05) is 84.9 Å². The molecule has 4 rings (SSSR count). The van der Waals surface area contributed by atoms with Gasteiger partial charge >= 0.3 is 0 Å². The van der Waals surface area contributed by atoms with Crippen LogP contribution in [0, 0.1) is 0 Å². The van der Waals surface area contributed by atoms with Crippen molar-refractivity contribution in [2.24, 2.45) is 0 Å². The molecule has 0 aromatic heterocycles. The number of hydrogen-bond acceptors (Lipinski definition) is 3. The van der Waals surface area contributed by atoms with E-state index in [0.717, 1.165) is 33.2 Å². The molecule has 0 radical (unpaired) electrons. The van der Waals surface area contributed by atoms with E-state index in [1.165, 1.54) is 0 Å². The van der Waals surface area contributed by atoms with Crippen molar-refractivity contribution in [3.8, 4) is 5.75 Å². The molecule has 0 fully saturated rings. The Labute approximate surface area is 193 Å². The fraction of sp³-hybridized carbons (Fsp3) is 0.143. The lowest BCUT2D eigenvalue weighted by molar-refractivity contribution is -0.126. The van der Waals surface area contributed by atoms with Crippen molar-refractivity contribution in [1.29, 1.82) is 0 Å². The van der Waals surface area contributed by atoms with E-state index >= 15 is 0 Å². The first-order valence-electron chi connectivity index (χ1n) is 10.9. The minimum absolute atomic E-state index is 0.0942. The smallest absolute Gasteiger partial charge is 0.240 e. The van der Waals surface area contributed by atoms with Crippen LogP contribution in [0.2, 0.25) is 0 Å². The molecule has 0 saturated heterocycles. The highest BCUT2D eigenvalue weighted by Gasteiger charge is 2.17. The number of rotatable bonds is 8. The normalized spacial score (nSPS) is 11.5. The molecule has 0 aliphatic rings. The Balaban J connectivity index is 1.41. The summed E-state index contributed by atoms with van der Waals surface area (Å²) in [5, 5.41) is 7.93. The summed E-state index contributed by atoms with van der Waals surface area (Å²) < 4.78 is 5.24. The molecule has 5 nitrogen and oxygen atoms in total. The number of fused-ring (bicyclic) bond motifs is 1. The third kappa shape index (κ3) is 5.57. The van der Waals surface area contributed by atoms with E-state index in [4.69, 9.17) is 4.74 Å². The Morgan fingerprint density at radius 2 is 1.42 bits per heavy atom. The van der Waals surface area contributed by atoms with Crippen LogP contribution in [0.15, 0.2) is 97.1 Å². The van der Waals surface area contributed by atoms with Crippen molar-refractivity contribution in [1.82, 2.24) is 10.6 Å². The third-order valence-corrected chi connectivity index (χ3v) is 5.56. The van der Waals surface area contributed by atoms with Gasteiger partial charge in [-0.3, -0.25) is 9.59 Å². The van der Waals surface area contributed by atoms with Crippen LogP contribution in [-0.4, -0.2) is 25.5 Å². The van der Waals surface area contributed by atoms with Gasteiger partial charge in [-0.05, 0) is 39.6 Å². The lowest BCUT2D eigenvalue weighted by Crippen LogP contribution is -2.39. The monoisotopic (exact) mass is 438 g/mol. The fourth-order valence-electron chi connectivity index (χ4n) is 3.87. The Morgan fingerprint density at radius 3 is 2.18 bits per heavy atom. The van der Waals surface area contributed by atoms with E-state index in [0.29, 0.717) is 0 Å². The van der Waals surface area contributed by atoms with Crippen molar-refractivity contribution >= 4 is 22.6 Å². The average molecular weight is 439 g/mol. The maximum absolute atomic E-state index is 12.7. The number of benzene rings is 4. The molecule has 0 saturated carbocycles. The first-order valence-corrected chi connectivity index (χ1v) is 10.9. The second kappa shape index (κ2) is 10.5. The predicted octanol–water partition coefficient (Wildman–Crippen LogP) is 4.41. The van der Waals surface area contributed by atoms with Crippen molar-refractivity contribution in [3.05, 3.63) is 114 Å². The summed E-state index contributed by atoms with van der Waals surface area (Å²) in [5.74, 6) is 0.297.